The number of anilines is 1. The number of hydrogen-bond acceptors (Lipinski definition) is 6. The molecule has 1 saturated heterocycles. The fourth-order valence-electron chi connectivity index (χ4n) is 2.91. The smallest absolute Gasteiger partial charge is 0.191 e. The molecular formula is C18H29IN8O. The number of rotatable bonds is 6. The molecule has 2 N–H and O–H groups in total. The van der Waals surface area contributed by atoms with Gasteiger partial charge in [-0.05, 0) is 31.5 Å². The van der Waals surface area contributed by atoms with Gasteiger partial charge in [-0.25, -0.2) is 15.0 Å². The number of pyridine rings is 1. The minimum atomic E-state index is 0. The summed E-state index contributed by atoms with van der Waals surface area (Å²) in [5, 5.41) is 10.6. The van der Waals surface area contributed by atoms with Crippen LogP contribution in [0.1, 0.15) is 25.2 Å². The van der Waals surface area contributed by atoms with E-state index in [-0.39, 0.29) is 30.1 Å². The summed E-state index contributed by atoms with van der Waals surface area (Å²) in [6, 6.07) is 4.11. The molecule has 0 radical (unpaired) electrons. The number of guanidine groups is 1. The van der Waals surface area contributed by atoms with E-state index in [0.717, 1.165) is 49.4 Å². The molecule has 3 heterocycles. The fourth-order valence-corrected chi connectivity index (χ4v) is 2.91. The summed E-state index contributed by atoms with van der Waals surface area (Å²) in [7, 11) is 1.87. The molecule has 3 rings (SSSR count). The third-order valence-corrected chi connectivity index (χ3v) is 4.36. The van der Waals surface area contributed by atoms with Gasteiger partial charge in [0.1, 0.15) is 18.0 Å². The highest BCUT2D eigenvalue weighted by atomic mass is 127. The number of hydrogen-bond donors (Lipinski definition) is 2. The maximum absolute atomic E-state index is 5.61. The zero-order chi connectivity index (χ0) is 19.1. The van der Waals surface area contributed by atoms with E-state index in [1.54, 1.807) is 11.0 Å². The van der Waals surface area contributed by atoms with Crippen molar-refractivity contribution in [2.45, 2.75) is 33.0 Å². The van der Waals surface area contributed by atoms with Crippen LogP contribution in [0.4, 0.5) is 5.82 Å². The first-order chi connectivity index (χ1) is 13.2. The first kappa shape index (κ1) is 22.3. The first-order valence-corrected chi connectivity index (χ1v) is 9.32. The fraction of sp³-hybridized carbons (Fsp3) is 0.556. The molecule has 1 fully saturated rings. The Labute approximate surface area is 183 Å². The number of aromatic nitrogens is 4. The lowest BCUT2D eigenvalue weighted by molar-refractivity contribution is 0.0529. The van der Waals surface area contributed by atoms with E-state index >= 15 is 0 Å². The number of nitrogens with one attached hydrogen (secondary N) is 2. The second-order valence-electron chi connectivity index (χ2n) is 6.50. The maximum atomic E-state index is 5.61. The third-order valence-electron chi connectivity index (χ3n) is 4.36. The highest BCUT2D eigenvalue weighted by Gasteiger charge is 2.18. The van der Waals surface area contributed by atoms with Gasteiger partial charge in [-0.15, -0.1) is 24.0 Å². The van der Waals surface area contributed by atoms with Crippen LogP contribution in [0.2, 0.25) is 0 Å². The van der Waals surface area contributed by atoms with E-state index in [1.165, 1.54) is 0 Å². The summed E-state index contributed by atoms with van der Waals surface area (Å²) in [5.41, 5.74) is 1.12. The molecule has 1 aliphatic heterocycles. The van der Waals surface area contributed by atoms with Crippen molar-refractivity contribution in [3.63, 3.8) is 0 Å². The standard InChI is InChI=1S/C18H28N8O.HI/c1-4-19-18(22-11-17-23-13-24-25(17)3)21-10-15-5-6-20-16(9-15)26-7-8-27-14(2)12-26;/h5-6,9,13-14H,4,7-8,10-12H2,1-3H3,(H2,19,21,22);1H. The van der Waals surface area contributed by atoms with Crippen LogP contribution < -0.4 is 15.5 Å². The highest BCUT2D eigenvalue weighted by Crippen LogP contribution is 2.16. The molecule has 0 spiro atoms. The molecule has 10 heteroatoms. The first-order valence-electron chi connectivity index (χ1n) is 9.32. The normalized spacial score (nSPS) is 17.2. The SMILES string of the molecule is CCNC(=NCc1ccnc(N2CCOC(C)C2)c1)NCc1ncnn1C.I. The van der Waals surface area contributed by atoms with Crippen LogP contribution in [0.25, 0.3) is 0 Å². The molecule has 2 aromatic heterocycles. The number of halogens is 1. The predicted octanol–water partition coefficient (Wildman–Crippen LogP) is 1.31. The second kappa shape index (κ2) is 11.1. The second-order valence-corrected chi connectivity index (χ2v) is 6.50. The van der Waals surface area contributed by atoms with Gasteiger partial charge in [0.25, 0.3) is 0 Å². The predicted molar refractivity (Wildman–Crippen MR) is 120 cm³/mol. The Morgan fingerprint density at radius 3 is 2.93 bits per heavy atom. The zero-order valence-electron chi connectivity index (χ0n) is 16.6. The van der Waals surface area contributed by atoms with Crippen LogP contribution in [0.5, 0.6) is 0 Å². The molecule has 1 atom stereocenters. The molecule has 28 heavy (non-hydrogen) atoms. The van der Waals surface area contributed by atoms with E-state index in [2.05, 4.69) is 48.6 Å². The molecule has 0 bridgehead atoms. The van der Waals surface area contributed by atoms with Crippen molar-refractivity contribution in [2.24, 2.45) is 12.0 Å². The molecule has 154 valence electrons. The average molecular weight is 500 g/mol. The summed E-state index contributed by atoms with van der Waals surface area (Å²) in [4.78, 5) is 15.7. The van der Waals surface area contributed by atoms with Gasteiger partial charge in [-0.2, -0.15) is 5.10 Å². The summed E-state index contributed by atoms with van der Waals surface area (Å²) < 4.78 is 7.36. The summed E-state index contributed by atoms with van der Waals surface area (Å²) in [6.45, 7) is 8.53. The number of ether oxygens (including phenoxy) is 1. The van der Waals surface area contributed by atoms with Gasteiger partial charge in [-0.1, -0.05) is 0 Å². The number of aryl methyl sites for hydroxylation is 1. The van der Waals surface area contributed by atoms with Crippen molar-refractivity contribution < 1.29 is 4.74 Å². The zero-order valence-corrected chi connectivity index (χ0v) is 19.0. The molecule has 2 aromatic rings. The summed E-state index contributed by atoms with van der Waals surface area (Å²) >= 11 is 0. The van der Waals surface area contributed by atoms with E-state index in [1.807, 2.05) is 26.2 Å². The Morgan fingerprint density at radius 1 is 1.36 bits per heavy atom. The van der Waals surface area contributed by atoms with Crippen LogP contribution >= 0.6 is 24.0 Å². The van der Waals surface area contributed by atoms with Gasteiger partial charge < -0.3 is 20.3 Å². The molecule has 0 aromatic carbocycles. The van der Waals surface area contributed by atoms with Crippen LogP contribution in [-0.4, -0.2) is 58.1 Å². The van der Waals surface area contributed by atoms with Crippen LogP contribution in [0, 0.1) is 0 Å². The Kier molecular flexibility index (Phi) is 8.90. The van der Waals surface area contributed by atoms with Crippen LogP contribution in [0.15, 0.2) is 29.6 Å². The number of morpholine rings is 1. The van der Waals surface area contributed by atoms with E-state index < -0.39 is 0 Å². The van der Waals surface area contributed by atoms with Crippen LogP contribution in [-0.2, 0) is 24.9 Å². The topological polar surface area (TPSA) is 92.5 Å². The summed E-state index contributed by atoms with van der Waals surface area (Å²) in [6.07, 6.45) is 3.62. The minimum absolute atomic E-state index is 0. The Hall–Kier alpha value is -1.95. The Balaban J connectivity index is 0.00000280. The van der Waals surface area contributed by atoms with Crippen molar-refractivity contribution in [1.29, 1.82) is 0 Å². The van der Waals surface area contributed by atoms with Gasteiger partial charge in [0.15, 0.2) is 5.96 Å². The molecule has 1 aliphatic rings. The van der Waals surface area contributed by atoms with Gasteiger partial charge in [0.2, 0.25) is 0 Å². The average Bonchev–Trinajstić information content (AvgIpc) is 3.09. The lowest BCUT2D eigenvalue weighted by Crippen LogP contribution is -2.41. The van der Waals surface area contributed by atoms with Gasteiger partial charge in [0.05, 0.1) is 25.8 Å². The van der Waals surface area contributed by atoms with E-state index in [0.29, 0.717) is 13.1 Å². The van der Waals surface area contributed by atoms with Gasteiger partial charge in [0, 0.05) is 32.9 Å². The van der Waals surface area contributed by atoms with Crippen molar-refractivity contribution in [3.8, 4) is 0 Å². The molecule has 1 unspecified atom stereocenters. The molecule has 9 nitrogen and oxygen atoms in total. The summed E-state index contributed by atoms with van der Waals surface area (Å²) in [5.74, 6) is 2.59. The van der Waals surface area contributed by atoms with Gasteiger partial charge >= 0.3 is 0 Å². The number of aliphatic imine (C=N–C) groups is 1. The minimum Gasteiger partial charge on any atom is -0.375 e. The van der Waals surface area contributed by atoms with Crippen molar-refractivity contribution in [1.82, 2.24) is 30.4 Å². The lowest BCUT2D eigenvalue weighted by atomic mass is 10.2. The van der Waals surface area contributed by atoms with Crippen molar-refractivity contribution in [3.05, 3.63) is 36.0 Å². The van der Waals surface area contributed by atoms with Crippen molar-refractivity contribution >= 4 is 35.8 Å². The molecular weight excluding hydrogens is 471 g/mol. The van der Waals surface area contributed by atoms with Gasteiger partial charge in [-0.3, -0.25) is 4.68 Å². The molecule has 0 aliphatic carbocycles. The van der Waals surface area contributed by atoms with E-state index in [9.17, 15) is 0 Å². The lowest BCUT2D eigenvalue weighted by Gasteiger charge is -2.32. The third kappa shape index (κ3) is 6.30. The highest BCUT2D eigenvalue weighted by molar-refractivity contribution is 14.0. The van der Waals surface area contributed by atoms with E-state index in [4.69, 9.17) is 4.74 Å². The number of nitrogens with zero attached hydrogens (tertiary/aromatic N) is 6. The largest absolute Gasteiger partial charge is 0.375 e. The molecule has 0 saturated carbocycles. The quantitative estimate of drug-likeness (QED) is 0.351. The van der Waals surface area contributed by atoms with Crippen LogP contribution in [0.3, 0.4) is 0 Å². The maximum Gasteiger partial charge on any atom is 0.191 e. The molecule has 0 amide bonds. The Bertz CT molecular complexity index is 766. The van der Waals surface area contributed by atoms with Crippen molar-refractivity contribution in [2.75, 3.05) is 31.1 Å². The Morgan fingerprint density at radius 2 is 2.21 bits per heavy atom. The monoisotopic (exact) mass is 500 g/mol.